The van der Waals surface area contributed by atoms with Crippen molar-refractivity contribution < 1.29 is 4.79 Å². The van der Waals surface area contributed by atoms with Crippen LogP contribution in [0.2, 0.25) is 0 Å². The van der Waals surface area contributed by atoms with E-state index < -0.39 is 0 Å². The zero-order valence-corrected chi connectivity index (χ0v) is 14.9. The molecular weight excluding hydrogens is 312 g/mol. The Hall–Kier alpha value is -2.14. The first kappa shape index (κ1) is 16.3. The zero-order chi connectivity index (χ0) is 17.2. The third-order valence-electron chi connectivity index (χ3n) is 5.38. The molecule has 0 radical (unpaired) electrons. The standard InChI is InChI=1S/C20H26N4O/c1-16-12-21-24(13-16)19-6-4-18(5-7-19)20(25)23-11-8-17(15-23)14-22-9-2-3-10-22/h4-7,12-13,17H,2-3,8-11,14-15H2,1H3. The van der Waals surface area contributed by atoms with E-state index in [4.69, 9.17) is 0 Å². The SMILES string of the molecule is Cc1cnn(-c2ccc(C(=O)N3CCC(CN4CCCC4)C3)cc2)c1. The number of hydrogen-bond acceptors (Lipinski definition) is 3. The van der Waals surface area contributed by atoms with Crippen molar-refractivity contribution in [2.45, 2.75) is 26.2 Å². The lowest BCUT2D eigenvalue weighted by Gasteiger charge is -2.20. The first-order valence-electron chi connectivity index (χ1n) is 9.32. The van der Waals surface area contributed by atoms with Crippen molar-refractivity contribution in [2.24, 2.45) is 5.92 Å². The Morgan fingerprint density at radius 2 is 1.92 bits per heavy atom. The van der Waals surface area contributed by atoms with E-state index in [-0.39, 0.29) is 5.91 Å². The molecule has 1 atom stereocenters. The van der Waals surface area contributed by atoms with Gasteiger partial charge in [-0.3, -0.25) is 4.79 Å². The van der Waals surface area contributed by atoms with Crippen LogP contribution in [0.3, 0.4) is 0 Å². The lowest BCUT2D eigenvalue weighted by atomic mass is 10.1. The van der Waals surface area contributed by atoms with E-state index in [2.05, 4.69) is 10.00 Å². The fourth-order valence-electron chi connectivity index (χ4n) is 3.99. The highest BCUT2D eigenvalue weighted by molar-refractivity contribution is 5.94. The van der Waals surface area contributed by atoms with E-state index in [0.29, 0.717) is 5.92 Å². The number of likely N-dealkylation sites (tertiary alicyclic amines) is 2. The van der Waals surface area contributed by atoms with E-state index in [1.54, 1.807) is 0 Å². The number of carbonyl (C=O) groups excluding carboxylic acids is 1. The van der Waals surface area contributed by atoms with Gasteiger partial charge in [0.25, 0.3) is 5.91 Å². The minimum Gasteiger partial charge on any atom is -0.338 e. The highest BCUT2D eigenvalue weighted by Crippen LogP contribution is 2.22. The molecule has 2 aliphatic heterocycles. The average molecular weight is 338 g/mol. The van der Waals surface area contributed by atoms with Crippen LogP contribution < -0.4 is 0 Å². The predicted octanol–water partition coefficient (Wildman–Crippen LogP) is 2.74. The van der Waals surface area contributed by atoms with Crippen LogP contribution in [0.5, 0.6) is 0 Å². The Balaban J connectivity index is 1.37. The molecule has 2 fully saturated rings. The molecule has 3 heterocycles. The molecule has 0 N–H and O–H groups in total. The van der Waals surface area contributed by atoms with Gasteiger partial charge in [0, 0.05) is 31.4 Å². The molecule has 1 aromatic carbocycles. The highest BCUT2D eigenvalue weighted by Gasteiger charge is 2.28. The van der Waals surface area contributed by atoms with Crippen LogP contribution in [0.25, 0.3) is 5.69 Å². The second-order valence-corrected chi connectivity index (χ2v) is 7.42. The number of aromatic nitrogens is 2. The summed E-state index contributed by atoms with van der Waals surface area (Å²) < 4.78 is 1.84. The van der Waals surface area contributed by atoms with Gasteiger partial charge in [0.05, 0.1) is 11.9 Å². The monoisotopic (exact) mass is 338 g/mol. The molecule has 0 spiro atoms. The quantitative estimate of drug-likeness (QED) is 0.861. The van der Waals surface area contributed by atoms with Crippen LogP contribution in [0, 0.1) is 12.8 Å². The number of amides is 1. The number of hydrogen-bond donors (Lipinski definition) is 0. The number of rotatable bonds is 4. The van der Waals surface area contributed by atoms with Crippen LogP contribution in [0.4, 0.5) is 0 Å². The van der Waals surface area contributed by atoms with Crippen molar-refractivity contribution >= 4 is 5.91 Å². The van der Waals surface area contributed by atoms with Gasteiger partial charge >= 0.3 is 0 Å². The summed E-state index contributed by atoms with van der Waals surface area (Å²) in [7, 11) is 0. The smallest absolute Gasteiger partial charge is 0.253 e. The molecule has 132 valence electrons. The molecular formula is C20H26N4O. The topological polar surface area (TPSA) is 41.4 Å². The number of aryl methyl sites for hydroxylation is 1. The summed E-state index contributed by atoms with van der Waals surface area (Å²) in [5.74, 6) is 0.792. The average Bonchev–Trinajstić information content (AvgIpc) is 3.37. The van der Waals surface area contributed by atoms with Gasteiger partial charge in [-0.1, -0.05) is 0 Å². The van der Waals surface area contributed by atoms with Crippen molar-refractivity contribution in [1.82, 2.24) is 19.6 Å². The number of benzene rings is 1. The lowest BCUT2D eigenvalue weighted by Crippen LogP contribution is -2.32. The largest absolute Gasteiger partial charge is 0.338 e. The maximum atomic E-state index is 12.8. The fraction of sp³-hybridized carbons (Fsp3) is 0.500. The maximum Gasteiger partial charge on any atom is 0.253 e. The normalized spacial score (nSPS) is 21.2. The van der Waals surface area contributed by atoms with Crippen LogP contribution in [-0.2, 0) is 0 Å². The predicted molar refractivity (Wildman–Crippen MR) is 98.0 cm³/mol. The van der Waals surface area contributed by atoms with E-state index in [0.717, 1.165) is 42.9 Å². The minimum atomic E-state index is 0.159. The molecule has 2 aromatic rings. The van der Waals surface area contributed by atoms with E-state index >= 15 is 0 Å². The van der Waals surface area contributed by atoms with E-state index in [1.807, 2.05) is 53.2 Å². The van der Waals surface area contributed by atoms with Crippen LogP contribution in [-0.4, -0.2) is 58.2 Å². The zero-order valence-electron chi connectivity index (χ0n) is 14.9. The minimum absolute atomic E-state index is 0.159. The van der Waals surface area contributed by atoms with Gasteiger partial charge in [-0.25, -0.2) is 4.68 Å². The summed E-state index contributed by atoms with van der Waals surface area (Å²) >= 11 is 0. The van der Waals surface area contributed by atoms with E-state index in [9.17, 15) is 4.79 Å². The van der Waals surface area contributed by atoms with Crippen molar-refractivity contribution in [3.8, 4) is 5.69 Å². The molecule has 2 aliphatic rings. The first-order chi connectivity index (χ1) is 12.2. The van der Waals surface area contributed by atoms with Crippen LogP contribution in [0.15, 0.2) is 36.7 Å². The van der Waals surface area contributed by atoms with Crippen molar-refractivity contribution in [3.63, 3.8) is 0 Å². The molecule has 0 aliphatic carbocycles. The van der Waals surface area contributed by atoms with Gasteiger partial charge in [0.1, 0.15) is 0 Å². The van der Waals surface area contributed by atoms with Crippen LogP contribution >= 0.6 is 0 Å². The molecule has 5 nitrogen and oxygen atoms in total. The van der Waals surface area contributed by atoms with Crippen molar-refractivity contribution in [2.75, 3.05) is 32.7 Å². The van der Waals surface area contributed by atoms with Gasteiger partial charge < -0.3 is 9.80 Å². The molecule has 2 saturated heterocycles. The Bertz CT molecular complexity index is 730. The molecule has 25 heavy (non-hydrogen) atoms. The van der Waals surface area contributed by atoms with Gasteiger partial charge in [-0.05, 0) is 75.0 Å². The maximum absolute atomic E-state index is 12.8. The number of carbonyl (C=O) groups is 1. The summed E-state index contributed by atoms with van der Waals surface area (Å²) in [4.78, 5) is 17.3. The highest BCUT2D eigenvalue weighted by atomic mass is 16.2. The Morgan fingerprint density at radius 3 is 2.60 bits per heavy atom. The van der Waals surface area contributed by atoms with Gasteiger partial charge in [-0.2, -0.15) is 5.10 Å². The summed E-state index contributed by atoms with van der Waals surface area (Å²) in [5.41, 5.74) is 2.88. The van der Waals surface area contributed by atoms with Crippen LogP contribution in [0.1, 0.15) is 35.2 Å². The van der Waals surface area contributed by atoms with Gasteiger partial charge in [0.2, 0.25) is 0 Å². The summed E-state index contributed by atoms with van der Waals surface area (Å²) in [6.07, 6.45) is 7.62. The molecule has 4 rings (SSSR count). The Kier molecular flexibility index (Phi) is 4.57. The van der Waals surface area contributed by atoms with Crippen molar-refractivity contribution in [1.29, 1.82) is 0 Å². The summed E-state index contributed by atoms with van der Waals surface area (Å²) in [5, 5.41) is 4.31. The first-order valence-corrected chi connectivity index (χ1v) is 9.32. The Labute approximate surface area is 149 Å². The molecule has 0 bridgehead atoms. The Morgan fingerprint density at radius 1 is 1.16 bits per heavy atom. The number of nitrogens with zero attached hydrogens (tertiary/aromatic N) is 4. The fourth-order valence-corrected chi connectivity index (χ4v) is 3.99. The molecule has 5 heteroatoms. The molecule has 1 aromatic heterocycles. The molecule has 1 unspecified atom stereocenters. The third-order valence-corrected chi connectivity index (χ3v) is 5.38. The summed E-state index contributed by atoms with van der Waals surface area (Å²) in [6, 6.07) is 7.78. The molecule has 0 saturated carbocycles. The van der Waals surface area contributed by atoms with Gasteiger partial charge in [0.15, 0.2) is 0 Å². The summed E-state index contributed by atoms with van der Waals surface area (Å²) in [6.45, 7) is 7.43. The lowest BCUT2D eigenvalue weighted by molar-refractivity contribution is 0.0784. The molecule has 1 amide bonds. The van der Waals surface area contributed by atoms with Gasteiger partial charge in [-0.15, -0.1) is 0 Å². The third kappa shape index (κ3) is 3.61. The van der Waals surface area contributed by atoms with Crippen molar-refractivity contribution in [3.05, 3.63) is 47.8 Å². The second-order valence-electron chi connectivity index (χ2n) is 7.42. The second kappa shape index (κ2) is 7.00. The van der Waals surface area contributed by atoms with E-state index in [1.165, 1.54) is 25.9 Å².